The van der Waals surface area contributed by atoms with E-state index in [1.54, 1.807) is 18.3 Å². The molecule has 0 aliphatic rings. The monoisotopic (exact) mass is 335 g/mol. The molecule has 0 saturated carbocycles. The Morgan fingerprint density at radius 2 is 1.71 bits per heavy atom. The van der Waals surface area contributed by atoms with Gasteiger partial charge in [0.05, 0.1) is 12.8 Å². The molecule has 0 radical (unpaired) electrons. The van der Waals surface area contributed by atoms with Crippen LogP contribution < -0.4 is 9.47 Å². The second-order valence-electron chi connectivity index (χ2n) is 4.90. The van der Waals surface area contributed by atoms with Crippen molar-refractivity contribution in [3.63, 3.8) is 0 Å². The first kappa shape index (κ1) is 17.7. The number of alkyl halides is 3. The average Bonchev–Trinajstić information content (AvgIpc) is 2.54. The summed E-state index contributed by atoms with van der Waals surface area (Å²) >= 11 is 0. The van der Waals surface area contributed by atoms with E-state index in [9.17, 15) is 13.2 Å². The van der Waals surface area contributed by atoms with E-state index in [1.807, 2.05) is 0 Å². The van der Waals surface area contributed by atoms with Crippen molar-refractivity contribution in [3.05, 3.63) is 53.9 Å². The predicted molar refractivity (Wildman–Crippen MR) is 83.7 cm³/mol. The maximum atomic E-state index is 12.1. The Kier molecular flexibility index (Phi) is 6.07. The van der Waals surface area contributed by atoms with Crippen molar-refractivity contribution in [1.29, 1.82) is 0 Å². The smallest absolute Gasteiger partial charge is 0.492 e. The number of aromatic nitrogens is 1. The quantitative estimate of drug-likeness (QED) is 0.593. The summed E-state index contributed by atoms with van der Waals surface area (Å²) in [6.07, 6.45) is -1.06. The molecule has 0 N–H and O–H groups in total. The molecule has 0 aliphatic carbocycles. The number of hydrogen-bond donors (Lipinski definition) is 0. The minimum atomic E-state index is -4.70. The highest BCUT2D eigenvalue weighted by Gasteiger charge is 2.30. The Morgan fingerprint density at radius 3 is 2.29 bits per heavy atom. The third-order valence-corrected chi connectivity index (χ3v) is 2.93. The van der Waals surface area contributed by atoms with Crippen molar-refractivity contribution in [2.75, 3.05) is 6.61 Å². The number of benzene rings is 1. The molecule has 1 heterocycles. The average molecular weight is 335 g/mol. The highest BCUT2D eigenvalue weighted by molar-refractivity contribution is 5.42. The van der Waals surface area contributed by atoms with Gasteiger partial charge >= 0.3 is 6.36 Å². The molecule has 0 spiro atoms. The Bertz CT molecular complexity index is 698. The lowest BCUT2D eigenvalue weighted by molar-refractivity contribution is -0.274. The maximum Gasteiger partial charge on any atom is 0.573 e. The van der Waals surface area contributed by atoms with Crippen molar-refractivity contribution < 1.29 is 22.6 Å². The number of pyridine rings is 1. The zero-order valence-corrected chi connectivity index (χ0v) is 13.1. The molecule has 24 heavy (non-hydrogen) atoms. The fraction of sp³-hybridized carbons (Fsp3) is 0.278. The molecule has 2 aromatic rings. The fourth-order valence-corrected chi connectivity index (χ4v) is 1.75. The van der Waals surface area contributed by atoms with E-state index < -0.39 is 6.36 Å². The van der Waals surface area contributed by atoms with Crippen LogP contribution in [0.1, 0.15) is 31.0 Å². The molecule has 0 atom stereocenters. The minimum absolute atomic E-state index is 0.278. The Balaban J connectivity index is 1.96. The highest BCUT2D eigenvalue weighted by atomic mass is 19.4. The van der Waals surface area contributed by atoms with Gasteiger partial charge in [0.25, 0.3) is 0 Å². The van der Waals surface area contributed by atoms with Crippen molar-refractivity contribution in [2.24, 2.45) is 0 Å². The maximum absolute atomic E-state index is 12.1. The minimum Gasteiger partial charge on any atom is -0.492 e. The van der Waals surface area contributed by atoms with Gasteiger partial charge in [-0.15, -0.1) is 13.2 Å². The van der Waals surface area contributed by atoms with Crippen LogP contribution in [-0.4, -0.2) is 18.0 Å². The first-order valence-electron chi connectivity index (χ1n) is 7.43. The van der Waals surface area contributed by atoms with Gasteiger partial charge in [0, 0.05) is 5.56 Å². The predicted octanol–water partition coefficient (Wildman–Crippen LogP) is 4.56. The van der Waals surface area contributed by atoms with Gasteiger partial charge in [-0.1, -0.05) is 19.3 Å². The van der Waals surface area contributed by atoms with Crippen LogP contribution in [0.2, 0.25) is 0 Å². The molecule has 0 bridgehead atoms. The van der Waals surface area contributed by atoms with Crippen LogP contribution in [0.4, 0.5) is 13.2 Å². The Labute approximate surface area is 138 Å². The summed E-state index contributed by atoms with van der Waals surface area (Å²) in [7, 11) is 0. The number of hydrogen-bond acceptors (Lipinski definition) is 3. The Hall–Kier alpha value is -2.68. The molecule has 2 rings (SSSR count). The number of unbranched alkanes of at least 4 members (excludes halogenated alkanes) is 1. The third kappa shape index (κ3) is 6.21. The normalized spacial score (nSPS) is 10.7. The van der Waals surface area contributed by atoms with Crippen molar-refractivity contribution in [2.45, 2.75) is 26.1 Å². The third-order valence-electron chi connectivity index (χ3n) is 2.93. The van der Waals surface area contributed by atoms with Crippen molar-refractivity contribution in [1.82, 2.24) is 4.98 Å². The molecular weight excluding hydrogens is 319 g/mol. The lowest BCUT2D eigenvalue weighted by Crippen LogP contribution is -2.16. The van der Waals surface area contributed by atoms with Gasteiger partial charge in [0.1, 0.15) is 17.2 Å². The lowest BCUT2D eigenvalue weighted by atomic mass is 10.2. The van der Waals surface area contributed by atoms with Crippen LogP contribution in [0, 0.1) is 11.8 Å². The van der Waals surface area contributed by atoms with Gasteiger partial charge in [0.15, 0.2) is 0 Å². The SMILES string of the molecule is CCCCOc1ccc(C#Cc2ccc(OC(F)(F)F)cc2)nc1. The van der Waals surface area contributed by atoms with Crippen molar-refractivity contribution >= 4 is 0 Å². The number of rotatable bonds is 5. The molecule has 0 saturated heterocycles. The standard InChI is InChI=1S/C18H16F3NO2/c1-2-3-12-23-17-11-8-15(22-13-17)7-4-14-5-9-16(10-6-14)24-18(19,20)21/h5-6,8-11,13H,2-3,12H2,1H3. The van der Waals surface area contributed by atoms with Crippen LogP contribution in [0.5, 0.6) is 11.5 Å². The molecule has 1 aromatic carbocycles. The lowest BCUT2D eigenvalue weighted by Gasteiger charge is -2.07. The van der Waals surface area contributed by atoms with Gasteiger partial charge < -0.3 is 9.47 Å². The van der Waals surface area contributed by atoms with E-state index in [4.69, 9.17) is 4.74 Å². The molecular formula is C18H16F3NO2. The molecule has 3 nitrogen and oxygen atoms in total. The zero-order chi connectivity index (χ0) is 17.4. The summed E-state index contributed by atoms with van der Waals surface area (Å²) < 4.78 is 45.5. The van der Waals surface area contributed by atoms with Crippen LogP contribution in [0.15, 0.2) is 42.6 Å². The van der Waals surface area contributed by atoms with Gasteiger partial charge in [-0.3, -0.25) is 0 Å². The molecule has 1 aromatic heterocycles. The second-order valence-corrected chi connectivity index (χ2v) is 4.90. The summed E-state index contributed by atoms with van der Waals surface area (Å²) in [6.45, 7) is 2.73. The summed E-state index contributed by atoms with van der Waals surface area (Å²) in [4.78, 5) is 4.17. The first-order chi connectivity index (χ1) is 11.5. The van der Waals surface area contributed by atoms with E-state index in [0.717, 1.165) is 12.8 Å². The fourth-order valence-electron chi connectivity index (χ4n) is 1.75. The zero-order valence-electron chi connectivity index (χ0n) is 13.1. The van der Waals surface area contributed by atoms with Gasteiger partial charge in [-0.2, -0.15) is 0 Å². The molecule has 0 unspecified atom stereocenters. The number of ether oxygens (including phenoxy) is 2. The van der Waals surface area contributed by atoms with E-state index in [0.29, 0.717) is 23.6 Å². The van der Waals surface area contributed by atoms with Crippen LogP contribution in [0.3, 0.4) is 0 Å². The van der Waals surface area contributed by atoms with Crippen LogP contribution in [-0.2, 0) is 0 Å². The van der Waals surface area contributed by atoms with Gasteiger partial charge in [0.2, 0.25) is 0 Å². The number of halogens is 3. The highest BCUT2D eigenvalue weighted by Crippen LogP contribution is 2.22. The van der Waals surface area contributed by atoms with Crippen LogP contribution in [0.25, 0.3) is 0 Å². The van der Waals surface area contributed by atoms with Gasteiger partial charge in [-0.25, -0.2) is 4.98 Å². The summed E-state index contributed by atoms with van der Waals surface area (Å²) in [5.74, 6) is 6.08. The summed E-state index contributed by atoms with van der Waals surface area (Å²) in [6, 6.07) is 8.86. The molecule has 126 valence electrons. The van der Waals surface area contributed by atoms with E-state index in [-0.39, 0.29) is 5.75 Å². The number of nitrogens with zero attached hydrogens (tertiary/aromatic N) is 1. The molecule has 6 heteroatoms. The first-order valence-corrected chi connectivity index (χ1v) is 7.43. The van der Waals surface area contributed by atoms with E-state index in [1.165, 1.54) is 24.3 Å². The second kappa shape index (κ2) is 8.25. The van der Waals surface area contributed by atoms with E-state index >= 15 is 0 Å². The molecule has 0 amide bonds. The van der Waals surface area contributed by atoms with E-state index in [2.05, 4.69) is 28.5 Å². The topological polar surface area (TPSA) is 31.4 Å². The van der Waals surface area contributed by atoms with Crippen molar-refractivity contribution in [3.8, 4) is 23.3 Å². The largest absolute Gasteiger partial charge is 0.573 e. The summed E-state index contributed by atoms with van der Waals surface area (Å²) in [5, 5.41) is 0. The summed E-state index contributed by atoms with van der Waals surface area (Å²) in [5.41, 5.74) is 1.11. The Morgan fingerprint density at radius 1 is 1.00 bits per heavy atom. The van der Waals surface area contributed by atoms with Gasteiger partial charge in [-0.05, 0) is 48.7 Å². The van der Waals surface area contributed by atoms with Crippen LogP contribution >= 0.6 is 0 Å². The molecule has 0 fully saturated rings. The molecule has 0 aliphatic heterocycles.